The number of hydrogen-bond donors (Lipinski definition) is 0. The van der Waals surface area contributed by atoms with E-state index in [-0.39, 0.29) is 16.7 Å². The summed E-state index contributed by atoms with van der Waals surface area (Å²) in [6.07, 6.45) is 4.95. The number of nitro groups is 1. The fourth-order valence-corrected chi connectivity index (χ4v) is 3.54. The second-order valence-corrected chi connectivity index (χ2v) is 8.03. The van der Waals surface area contributed by atoms with Gasteiger partial charge in [-0.3, -0.25) is 10.1 Å². The third kappa shape index (κ3) is 4.59. The molecule has 0 bridgehead atoms. The van der Waals surface area contributed by atoms with Crippen LogP contribution in [-0.4, -0.2) is 47.7 Å². The Morgan fingerprint density at radius 2 is 1.89 bits per heavy atom. The fourth-order valence-electron chi connectivity index (χ4n) is 3.54. The summed E-state index contributed by atoms with van der Waals surface area (Å²) >= 11 is 0. The maximum atomic E-state index is 12.3. The van der Waals surface area contributed by atoms with Gasteiger partial charge in [0.2, 0.25) is 0 Å². The first-order chi connectivity index (χ1) is 12.7. The Kier molecular flexibility index (Phi) is 5.39. The van der Waals surface area contributed by atoms with Gasteiger partial charge in [-0.2, -0.15) is 0 Å². The molecule has 2 aliphatic rings. The Hall–Kier alpha value is -2.57. The number of piperazine rings is 1. The molecule has 1 saturated heterocycles. The summed E-state index contributed by atoms with van der Waals surface area (Å²) in [6, 6.07) is 5.09. The number of allylic oxidation sites excluding steroid dienone is 2. The van der Waals surface area contributed by atoms with Crippen LogP contribution in [0.1, 0.15) is 45.6 Å². The lowest BCUT2D eigenvalue weighted by atomic mass is 10.0. The molecule has 0 radical (unpaired) electrons. The highest BCUT2D eigenvalue weighted by Crippen LogP contribution is 2.37. The number of hydrogen-bond acceptors (Lipinski definition) is 5. The summed E-state index contributed by atoms with van der Waals surface area (Å²) in [7, 11) is 0. The molecule has 27 heavy (non-hydrogen) atoms. The van der Waals surface area contributed by atoms with Gasteiger partial charge in [-0.05, 0) is 51.7 Å². The number of ether oxygens (including phenoxy) is 1. The van der Waals surface area contributed by atoms with Crippen molar-refractivity contribution in [2.45, 2.75) is 45.6 Å². The van der Waals surface area contributed by atoms with Crippen LogP contribution >= 0.6 is 0 Å². The van der Waals surface area contributed by atoms with Crippen molar-refractivity contribution in [2.75, 3.05) is 31.1 Å². The van der Waals surface area contributed by atoms with E-state index in [1.807, 2.05) is 26.8 Å². The van der Waals surface area contributed by atoms with Crippen LogP contribution in [0.25, 0.3) is 5.57 Å². The minimum Gasteiger partial charge on any atom is -0.444 e. The Labute approximate surface area is 159 Å². The first kappa shape index (κ1) is 19.2. The predicted molar refractivity (Wildman–Crippen MR) is 105 cm³/mol. The van der Waals surface area contributed by atoms with Crippen molar-refractivity contribution in [3.8, 4) is 0 Å². The van der Waals surface area contributed by atoms with Crippen LogP contribution in [0.3, 0.4) is 0 Å². The van der Waals surface area contributed by atoms with Crippen LogP contribution in [0.2, 0.25) is 0 Å². The summed E-state index contributed by atoms with van der Waals surface area (Å²) < 4.78 is 5.45. The van der Waals surface area contributed by atoms with E-state index in [1.165, 1.54) is 5.57 Å². The van der Waals surface area contributed by atoms with Crippen molar-refractivity contribution in [3.63, 3.8) is 0 Å². The molecule has 1 aliphatic carbocycles. The number of non-ortho nitro benzene ring substituents is 1. The second-order valence-electron chi connectivity index (χ2n) is 8.03. The molecule has 146 valence electrons. The standard InChI is InChI=1S/C20H27N3O4/c1-20(2,3)27-19(24)22-12-10-21(11-13-22)18-9-8-16(23(25)26)14-17(18)15-6-4-5-7-15/h6,8-9,14H,4-5,7,10-13H2,1-3H3. The van der Waals surface area contributed by atoms with Crippen LogP contribution < -0.4 is 4.90 Å². The summed E-state index contributed by atoms with van der Waals surface area (Å²) in [5, 5.41) is 11.2. The first-order valence-corrected chi connectivity index (χ1v) is 9.45. The zero-order valence-corrected chi connectivity index (χ0v) is 16.2. The minimum absolute atomic E-state index is 0.119. The summed E-state index contributed by atoms with van der Waals surface area (Å²) in [5.41, 5.74) is 2.76. The van der Waals surface area contributed by atoms with Gasteiger partial charge >= 0.3 is 6.09 Å². The number of nitrogens with zero attached hydrogens (tertiary/aromatic N) is 3. The summed E-state index contributed by atoms with van der Waals surface area (Å²) in [4.78, 5) is 27.0. The Bertz CT molecular complexity index is 759. The molecular formula is C20H27N3O4. The zero-order chi connectivity index (χ0) is 19.6. The molecule has 0 unspecified atom stereocenters. The Balaban J connectivity index is 1.76. The quantitative estimate of drug-likeness (QED) is 0.586. The second kappa shape index (κ2) is 7.58. The number of rotatable bonds is 3. The normalized spacial score (nSPS) is 17.7. The van der Waals surface area contributed by atoms with E-state index >= 15 is 0 Å². The van der Waals surface area contributed by atoms with Crippen LogP contribution in [0.5, 0.6) is 0 Å². The van der Waals surface area contributed by atoms with Gasteiger partial charge in [0.1, 0.15) is 5.60 Å². The van der Waals surface area contributed by atoms with Crippen LogP contribution in [0, 0.1) is 10.1 Å². The number of benzene rings is 1. The van der Waals surface area contributed by atoms with Crippen LogP contribution in [-0.2, 0) is 4.74 Å². The summed E-state index contributed by atoms with van der Waals surface area (Å²) in [6.45, 7) is 8.09. The van der Waals surface area contributed by atoms with E-state index < -0.39 is 5.60 Å². The van der Waals surface area contributed by atoms with Gasteiger partial charge in [-0.1, -0.05) is 6.08 Å². The maximum absolute atomic E-state index is 12.3. The molecule has 1 aromatic rings. The van der Waals surface area contributed by atoms with Crippen molar-refractivity contribution in [2.24, 2.45) is 0 Å². The third-order valence-electron chi connectivity index (χ3n) is 4.85. The molecule has 7 nitrogen and oxygen atoms in total. The van der Waals surface area contributed by atoms with Gasteiger partial charge in [0.15, 0.2) is 0 Å². The molecule has 0 atom stereocenters. The maximum Gasteiger partial charge on any atom is 0.410 e. The zero-order valence-electron chi connectivity index (χ0n) is 16.2. The molecule has 0 aromatic heterocycles. The van der Waals surface area contributed by atoms with Crippen molar-refractivity contribution in [3.05, 3.63) is 40.0 Å². The van der Waals surface area contributed by atoms with Gasteiger partial charge in [-0.25, -0.2) is 4.79 Å². The third-order valence-corrected chi connectivity index (χ3v) is 4.85. The van der Waals surface area contributed by atoms with Crippen molar-refractivity contribution in [1.29, 1.82) is 0 Å². The van der Waals surface area contributed by atoms with E-state index in [2.05, 4.69) is 11.0 Å². The highest BCUT2D eigenvalue weighted by molar-refractivity contribution is 5.80. The monoisotopic (exact) mass is 373 g/mol. The van der Waals surface area contributed by atoms with Gasteiger partial charge < -0.3 is 14.5 Å². The van der Waals surface area contributed by atoms with Gasteiger partial charge in [0.25, 0.3) is 5.69 Å². The highest BCUT2D eigenvalue weighted by Gasteiger charge is 2.27. The summed E-state index contributed by atoms with van der Waals surface area (Å²) in [5.74, 6) is 0. The molecule has 0 saturated carbocycles. The molecule has 1 fully saturated rings. The predicted octanol–water partition coefficient (Wildman–Crippen LogP) is 4.22. The van der Waals surface area contributed by atoms with Crippen molar-refractivity contribution < 1.29 is 14.5 Å². The number of carbonyl (C=O) groups is 1. The lowest BCUT2D eigenvalue weighted by molar-refractivity contribution is -0.384. The lowest BCUT2D eigenvalue weighted by Crippen LogP contribution is -2.50. The van der Waals surface area contributed by atoms with Crippen molar-refractivity contribution >= 4 is 23.0 Å². The first-order valence-electron chi connectivity index (χ1n) is 9.45. The fraction of sp³-hybridized carbons (Fsp3) is 0.550. The minimum atomic E-state index is -0.505. The molecular weight excluding hydrogens is 346 g/mol. The number of carbonyl (C=O) groups excluding carboxylic acids is 1. The molecule has 1 aromatic carbocycles. The number of amides is 1. The van der Waals surface area contributed by atoms with Crippen LogP contribution in [0.4, 0.5) is 16.2 Å². The SMILES string of the molecule is CC(C)(C)OC(=O)N1CCN(c2ccc([N+](=O)[O-])cc2C2=CCCC2)CC1. The van der Waals surface area contributed by atoms with E-state index in [9.17, 15) is 14.9 Å². The molecule has 1 aliphatic heterocycles. The molecule has 0 spiro atoms. The molecule has 1 heterocycles. The molecule has 0 N–H and O–H groups in total. The average molecular weight is 373 g/mol. The Morgan fingerprint density at radius 1 is 1.19 bits per heavy atom. The molecule has 3 rings (SSSR count). The largest absolute Gasteiger partial charge is 0.444 e. The average Bonchev–Trinajstić information content (AvgIpc) is 3.14. The van der Waals surface area contributed by atoms with Gasteiger partial charge in [0, 0.05) is 49.6 Å². The van der Waals surface area contributed by atoms with E-state index in [4.69, 9.17) is 4.74 Å². The van der Waals surface area contributed by atoms with E-state index in [0.29, 0.717) is 26.2 Å². The van der Waals surface area contributed by atoms with Crippen LogP contribution in [0.15, 0.2) is 24.3 Å². The lowest BCUT2D eigenvalue weighted by Gasteiger charge is -2.37. The van der Waals surface area contributed by atoms with Gasteiger partial charge in [-0.15, -0.1) is 0 Å². The van der Waals surface area contributed by atoms with Crippen molar-refractivity contribution in [1.82, 2.24) is 4.90 Å². The molecule has 7 heteroatoms. The Morgan fingerprint density at radius 3 is 2.44 bits per heavy atom. The number of nitro benzene ring substituents is 1. The number of anilines is 1. The van der Waals surface area contributed by atoms with Gasteiger partial charge in [0.05, 0.1) is 4.92 Å². The van der Waals surface area contributed by atoms with E-state index in [0.717, 1.165) is 30.5 Å². The highest BCUT2D eigenvalue weighted by atomic mass is 16.6. The smallest absolute Gasteiger partial charge is 0.410 e. The van der Waals surface area contributed by atoms with E-state index in [1.54, 1.807) is 17.0 Å². The topological polar surface area (TPSA) is 75.9 Å². The molecule has 1 amide bonds.